The lowest BCUT2D eigenvalue weighted by Gasteiger charge is -2.18. The van der Waals surface area contributed by atoms with Gasteiger partial charge in [0.15, 0.2) is 5.58 Å². The molecule has 10 nitrogen and oxygen atoms in total. The number of carbonyl (C=O) groups excluding carboxylic acids is 1. The molecule has 4 aromatic heterocycles. The quantitative estimate of drug-likeness (QED) is 0.292. The van der Waals surface area contributed by atoms with E-state index in [4.69, 9.17) is 9.40 Å². The third-order valence-electron chi connectivity index (χ3n) is 7.24. The maximum atomic E-state index is 13.1. The highest BCUT2D eigenvalue weighted by atomic mass is 32.2. The summed E-state index contributed by atoms with van der Waals surface area (Å²) >= 11 is 0. The highest BCUT2D eigenvalue weighted by Gasteiger charge is 2.28. The van der Waals surface area contributed by atoms with Crippen molar-refractivity contribution in [1.82, 2.24) is 24.6 Å². The van der Waals surface area contributed by atoms with Crippen LogP contribution >= 0.6 is 0 Å². The first kappa shape index (κ1) is 25.2. The van der Waals surface area contributed by atoms with E-state index in [-0.39, 0.29) is 5.91 Å². The van der Waals surface area contributed by atoms with Crippen LogP contribution in [0, 0.1) is 0 Å². The Hall–Kier alpha value is -4.74. The summed E-state index contributed by atoms with van der Waals surface area (Å²) in [5.74, 6) is 0.478. The highest BCUT2D eigenvalue weighted by Crippen LogP contribution is 2.37. The summed E-state index contributed by atoms with van der Waals surface area (Å²) in [6.07, 6.45) is 8.59. The van der Waals surface area contributed by atoms with Gasteiger partial charge >= 0.3 is 0 Å². The molecule has 7 rings (SSSR count). The van der Waals surface area contributed by atoms with Gasteiger partial charge in [-0.1, -0.05) is 6.07 Å². The second-order valence-electron chi connectivity index (χ2n) is 10.4. The van der Waals surface area contributed by atoms with E-state index < -0.39 is 9.73 Å². The Bertz CT molecular complexity index is 2080. The number of pyridine rings is 2. The van der Waals surface area contributed by atoms with Gasteiger partial charge in [-0.2, -0.15) is 0 Å². The molecule has 5 aromatic rings. The Kier molecular flexibility index (Phi) is 5.80. The fraction of sp³-hybridized carbons (Fsp3) is 0.167. The molecule has 11 heteroatoms. The molecule has 2 aliphatic heterocycles. The molecule has 0 saturated heterocycles. The summed E-state index contributed by atoms with van der Waals surface area (Å²) in [6, 6.07) is 13.5. The maximum absolute atomic E-state index is 13.1. The number of fused-ring (bicyclic) bond motifs is 4. The molecule has 206 valence electrons. The van der Waals surface area contributed by atoms with Crippen molar-refractivity contribution in [1.29, 1.82) is 0 Å². The zero-order valence-corrected chi connectivity index (χ0v) is 23.5. The van der Waals surface area contributed by atoms with Crippen LogP contribution in [0.3, 0.4) is 0 Å². The summed E-state index contributed by atoms with van der Waals surface area (Å²) < 4.78 is 24.1. The van der Waals surface area contributed by atoms with Crippen molar-refractivity contribution in [3.8, 4) is 11.3 Å². The van der Waals surface area contributed by atoms with Crippen molar-refractivity contribution in [3.05, 3.63) is 95.0 Å². The molecule has 1 aromatic carbocycles. The molecule has 0 radical (unpaired) electrons. The number of amides is 1. The minimum absolute atomic E-state index is 0.140. The number of nitrogens with zero attached hydrogens (tertiary/aromatic N) is 5. The van der Waals surface area contributed by atoms with Gasteiger partial charge in [-0.25, -0.2) is 18.5 Å². The Labute approximate surface area is 236 Å². The van der Waals surface area contributed by atoms with E-state index in [2.05, 4.69) is 24.4 Å². The van der Waals surface area contributed by atoms with Crippen LogP contribution in [-0.4, -0.2) is 49.7 Å². The molecular weight excluding hydrogens is 538 g/mol. The Morgan fingerprint density at radius 1 is 1.12 bits per heavy atom. The molecule has 1 unspecified atom stereocenters. The van der Waals surface area contributed by atoms with Gasteiger partial charge in [0.1, 0.15) is 11.5 Å². The molecule has 2 aliphatic rings. The van der Waals surface area contributed by atoms with E-state index in [1.165, 1.54) is 0 Å². The predicted octanol–water partition coefficient (Wildman–Crippen LogP) is 5.16. The van der Waals surface area contributed by atoms with Crippen LogP contribution in [0.2, 0.25) is 0 Å². The Morgan fingerprint density at radius 2 is 1.98 bits per heavy atom. The monoisotopic (exact) mass is 565 g/mol. The lowest BCUT2D eigenvalue weighted by molar-refractivity contribution is 0.0966. The number of allylic oxidation sites excluding steroid dienone is 2. The zero-order chi connectivity index (χ0) is 28.3. The van der Waals surface area contributed by atoms with Crippen molar-refractivity contribution >= 4 is 49.5 Å². The number of furan rings is 1. The van der Waals surface area contributed by atoms with Crippen LogP contribution in [0.25, 0.3) is 33.6 Å². The molecule has 41 heavy (non-hydrogen) atoms. The van der Waals surface area contributed by atoms with Crippen molar-refractivity contribution in [2.24, 2.45) is 4.36 Å². The Balaban J connectivity index is 1.29. The molecule has 0 saturated carbocycles. The number of aromatic nitrogens is 3. The molecule has 0 fully saturated rings. The topological polar surface area (TPSA) is 117 Å². The standard InChI is InChI=1S/C30H27N7O3S/c1-36(2)17-23-19(18-11-13-41(3,39)33-14-18)5-8-27(35-23)34-22-6-4-20(21-15-32-30(38)29(21)22)25-16-31-28-9-7-26-24(37(25)28)10-12-40-26/h4-14,16H,15,17H2,1-3H3,(H,32,38)(H,34,35). The second-order valence-corrected chi connectivity index (χ2v) is 12.6. The van der Waals surface area contributed by atoms with Gasteiger partial charge in [-0.3, -0.25) is 9.20 Å². The van der Waals surface area contributed by atoms with E-state index in [1.54, 1.807) is 24.1 Å². The second kappa shape index (κ2) is 9.43. The normalized spacial score (nSPS) is 18.0. The van der Waals surface area contributed by atoms with E-state index in [0.717, 1.165) is 50.4 Å². The van der Waals surface area contributed by atoms with Crippen LogP contribution in [-0.2, 0) is 22.8 Å². The van der Waals surface area contributed by atoms with E-state index in [1.807, 2.05) is 73.7 Å². The smallest absolute Gasteiger partial charge is 0.254 e. The average Bonchev–Trinajstić information content (AvgIpc) is 3.67. The highest BCUT2D eigenvalue weighted by molar-refractivity contribution is 7.95. The van der Waals surface area contributed by atoms with Crippen molar-refractivity contribution < 1.29 is 13.4 Å². The molecule has 0 bridgehead atoms. The number of hydrogen-bond acceptors (Lipinski definition) is 8. The maximum Gasteiger partial charge on any atom is 0.254 e. The number of nitrogens with one attached hydrogen (secondary N) is 2. The van der Waals surface area contributed by atoms with Crippen molar-refractivity contribution in [2.45, 2.75) is 13.1 Å². The summed E-state index contributed by atoms with van der Waals surface area (Å²) in [5, 5.41) is 8.02. The molecule has 0 spiro atoms. The fourth-order valence-electron chi connectivity index (χ4n) is 5.38. The number of anilines is 2. The summed E-state index contributed by atoms with van der Waals surface area (Å²) in [4.78, 5) is 24.6. The lowest BCUT2D eigenvalue weighted by atomic mass is 9.99. The van der Waals surface area contributed by atoms with Crippen LogP contribution in [0.1, 0.15) is 27.2 Å². The van der Waals surface area contributed by atoms with Crippen LogP contribution < -0.4 is 10.6 Å². The summed E-state index contributed by atoms with van der Waals surface area (Å²) in [7, 11) is 1.63. The first-order valence-corrected chi connectivity index (χ1v) is 15.1. The molecule has 1 atom stereocenters. The van der Waals surface area contributed by atoms with Gasteiger partial charge in [0.05, 0.1) is 50.3 Å². The van der Waals surface area contributed by atoms with Gasteiger partial charge in [0, 0.05) is 53.7 Å². The van der Waals surface area contributed by atoms with E-state index in [0.29, 0.717) is 30.2 Å². The van der Waals surface area contributed by atoms with E-state index in [9.17, 15) is 9.00 Å². The molecule has 2 N–H and O–H groups in total. The molecular formula is C30H27N7O3S. The van der Waals surface area contributed by atoms with E-state index >= 15 is 0 Å². The van der Waals surface area contributed by atoms with Gasteiger partial charge in [0.25, 0.3) is 5.91 Å². The molecule has 6 heterocycles. The average molecular weight is 566 g/mol. The lowest BCUT2D eigenvalue weighted by Crippen LogP contribution is -2.15. The molecule has 0 aliphatic carbocycles. The number of carbonyl (C=O) groups is 1. The van der Waals surface area contributed by atoms with Crippen molar-refractivity contribution in [3.63, 3.8) is 0 Å². The van der Waals surface area contributed by atoms with Gasteiger partial charge in [-0.15, -0.1) is 0 Å². The minimum atomic E-state index is -2.33. The van der Waals surface area contributed by atoms with Gasteiger partial charge in [-0.05, 0) is 56.1 Å². The van der Waals surface area contributed by atoms with Crippen LogP contribution in [0.5, 0.6) is 0 Å². The predicted molar refractivity (Wildman–Crippen MR) is 160 cm³/mol. The molecule has 1 amide bonds. The third kappa shape index (κ3) is 4.39. The first-order valence-electron chi connectivity index (χ1n) is 13.1. The Morgan fingerprint density at radius 3 is 2.78 bits per heavy atom. The third-order valence-corrected chi connectivity index (χ3v) is 8.41. The van der Waals surface area contributed by atoms with Gasteiger partial charge in [0.2, 0.25) is 0 Å². The summed E-state index contributed by atoms with van der Waals surface area (Å²) in [5.41, 5.74) is 9.06. The number of benzene rings is 1. The number of hydrogen-bond donors (Lipinski definition) is 2. The number of rotatable bonds is 6. The SMILES string of the molecule is CN(C)Cc1nc(Nc2ccc(-c3cnc4ccc5occc5n34)c3c2C(=O)NC3)ccc1C1=CN=S(C)(=O)C=C1. The van der Waals surface area contributed by atoms with Crippen LogP contribution in [0.15, 0.2) is 81.4 Å². The first-order chi connectivity index (χ1) is 19.8. The van der Waals surface area contributed by atoms with Gasteiger partial charge < -0.3 is 20.0 Å². The zero-order valence-electron chi connectivity index (χ0n) is 22.7. The van der Waals surface area contributed by atoms with Crippen molar-refractivity contribution in [2.75, 3.05) is 25.7 Å². The largest absolute Gasteiger partial charge is 0.463 e. The number of imidazole rings is 1. The fourth-order valence-corrected chi connectivity index (χ4v) is 6.18. The summed E-state index contributed by atoms with van der Waals surface area (Å²) in [6.45, 7) is 1.00. The minimum Gasteiger partial charge on any atom is -0.463 e. The van der Waals surface area contributed by atoms with Crippen LogP contribution in [0.4, 0.5) is 11.5 Å².